The number of nitrogens with zero attached hydrogens (tertiary/aromatic N) is 4. The highest BCUT2D eigenvalue weighted by molar-refractivity contribution is 7.99. The van der Waals surface area contributed by atoms with Gasteiger partial charge in [0, 0.05) is 17.1 Å². The summed E-state index contributed by atoms with van der Waals surface area (Å²) in [7, 11) is 0. The quantitative estimate of drug-likeness (QED) is 0.371. The number of hydrogen-bond acceptors (Lipinski definition) is 7. The van der Waals surface area contributed by atoms with Crippen LogP contribution < -0.4 is 0 Å². The predicted octanol–water partition coefficient (Wildman–Crippen LogP) is 5.46. The van der Waals surface area contributed by atoms with Gasteiger partial charge in [0.1, 0.15) is 5.01 Å². The summed E-state index contributed by atoms with van der Waals surface area (Å²) in [6.07, 6.45) is 1.93. The Morgan fingerprint density at radius 3 is 2.87 bits per heavy atom. The van der Waals surface area contributed by atoms with E-state index in [4.69, 9.17) is 21.0 Å². The van der Waals surface area contributed by atoms with Gasteiger partial charge in [-0.3, -0.25) is 4.79 Å². The first kappa shape index (κ1) is 19.5. The van der Waals surface area contributed by atoms with Crippen molar-refractivity contribution in [2.24, 2.45) is 0 Å². The van der Waals surface area contributed by atoms with Crippen LogP contribution in [0.5, 0.6) is 0 Å². The zero-order valence-electron chi connectivity index (χ0n) is 15.8. The van der Waals surface area contributed by atoms with E-state index < -0.39 is 0 Å². The minimum absolute atomic E-state index is 0.0443. The molecule has 0 saturated carbocycles. The van der Waals surface area contributed by atoms with Crippen LogP contribution in [0.15, 0.2) is 58.2 Å². The van der Waals surface area contributed by atoms with Crippen molar-refractivity contribution >= 4 is 50.8 Å². The summed E-state index contributed by atoms with van der Waals surface area (Å²) in [5.41, 5.74) is 1.78. The maximum atomic E-state index is 12.9. The molecule has 0 N–H and O–H groups in total. The van der Waals surface area contributed by atoms with Gasteiger partial charge >= 0.3 is 0 Å². The lowest BCUT2D eigenvalue weighted by atomic mass is 10.2. The fraction of sp³-hybridized carbons (Fsp3) is 0.238. The minimum Gasteiger partial charge on any atom is -0.411 e. The molecule has 2 aromatic heterocycles. The third kappa shape index (κ3) is 3.95. The van der Waals surface area contributed by atoms with Gasteiger partial charge in [-0.2, -0.15) is 0 Å². The van der Waals surface area contributed by atoms with Gasteiger partial charge in [0.15, 0.2) is 0 Å². The monoisotopic (exact) mass is 456 g/mol. The van der Waals surface area contributed by atoms with Crippen molar-refractivity contribution < 1.29 is 9.21 Å². The summed E-state index contributed by atoms with van der Waals surface area (Å²) in [4.78, 5) is 19.6. The van der Waals surface area contributed by atoms with Crippen LogP contribution in [0.4, 0.5) is 0 Å². The van der Waals surface area contributed by atoms with Gasteiger partial charge in [-0.25, -0.2) is 4.98 Å². The average molecular weight is 457 g/mol. The second kappa shape index (κ2) is 8.37. The molecule has 1 fully saturated rings. The molecule has 1 aliphatic heterocycles. The van der Waals surface area contributed by atoms with E-state index in [9.17, 15) is 4.79 Å². The first-order valence-corrected chi connectivity index (χ1v) is 11.7. The number of aromatic nitrogens is 3. The standard InChI is InChI=1S/C21H17ClN4O2S2/c22-14-9-7-13(8-10-14)19-24-25-21(28-19)29-12-18(27)26-11-3-5-16(26)20-23-15-4-1-2-6-17(15)30-20/h1-2,4,6-10,16H,3,5,11-12H2. The Bertz CT molecular complexity index is 1160. The molecule has 1 saturated heterocycles. The topological polar surface area (TPSA) is 72.1 Å². The van der Waals surface area contributed by atoms with Crippen molar-refractivity contribution in [3.05, 3.63) is 58.6 Å². The molecule has 1 amide bonds. The molecular formula is C21H17ClN4O2S2. The normalized spacial score (nSPS) is 16.4. The van der Waals surface area contributed by atoms with Gasteiger partial charge in [0.25, 0.3) is 5.22 Å². The Balaban J connectivity index is 1.25. The number of likely N-dealkylation sites (tertiary alicyclic amines) is 1. The van der Waals surface area contributed by atoms with E-state index in [2.05, 4.69) is 16.3 Å². The molecule has 9 heteroatoms. The van der Waals surface area contributed by atoms with E-state index in [1.165, 1.54) is 11.8 Å². The lowest BCUT2D eigenvalue weighted by Gasteiger charge is -2.22. The van der Waals surface area contributed by atoms with Crippen LogP contribution in [0.3, 0.4) is 0 Å². The number of carbonyl (C=O) groups is 1. The highest BCUT2D eigenvalue weighted by atomic mass is 35.5. The molecule has 4 aromatic rings. The third-order valence-corrected chi connectivity index (χ3v) is 7.18. The molecule has 2 aromatic carbocycles. The number of hydrogen-bond donors (Lipinski definition) is 0. The summed E-state index contributed by atoms with van der Waals surface area (Å²) < 4.78 is 6.85. The van der Waals surface area contributed by atoms with E-state index >= 15 is 0 Å². The molecule has 152 valence electrons. The number of amides is 1. The third-order valence-electron chi connectivity index (χ3n) is 4.99. The van der Waals surface area contributed by atoms with Crippen molar-refractivity contribution in [1.29, 1.82) is 0 Å². The summed E-state index contributed by atoms with van der Waals surface area (Å²) in [6, 6.07) is 15.3. The van der Waals surface area contributed by atoms with Gasteiger partial charge in [-0.1, -0.05) is 35.5 Å². The molecule has 0 aliphatic carbocycles. The van der Waals surface area contributed by atoms with Crippen LogP contribution in [0.2, 0.25) is 5.02 Å². The van der Waals surface area contributed by atoms with Gasteiger partial charge in [-0.15, -0.1) is 21.5 Å². The molecule has 5 rings (SSSR count). The number of thiazole rings is 1. The Labute approximate surface area is 186 Å². The van der Waals surface area contributed by atoms with Crippen LogP contribution in [0.25, 0.3) is 21.7 Å². The Hall–Kier alpha value is -2.42. The number of para-hydroxylation sites is 1. The SMILES string of the molecule is O=C(CSc1nnc(-c2ccc(Cl)cc2)o1)N1CCCC1c1nc2ccccc2s1. The zero-order chi connectivity index (χ0) is 20.5. The molecule has 1 aliphatic rings. The van der Waals surface area contributed by atoms with E-state index in [0.29, 0.717) is 16.1 Å². The lowest BCUT2D eigenvalue weighted by Crippen LogP contribution is -2.31. The maximum Gasteiger partial charge on any atom is 0.277 e. The molecule has 1 unspecified atom stereocenters. The predicted molar refractivity (Wildman–Crippen MR) is 119 cm³/mol. The number of rotatable bonds is 5. The maximum absolute atomic E-state index is 12.9. The van der Waals surface area contributed by atoms with Crippen molar-refractivity contribution in [2.45, 2.75) is 24.1 Å². The van der Waals surface area contributed by atoms with Crippen molar-refractivity contribution in [1.82, 2.24) is 20.1 Å². The summed E-state index contributed by atoms with van der Waals surface area (Å²) >= 11 is 8.85. The molecule has 6 nitrogen and oxygen atoms in total. The van der Waals surface area contributed by atoms with Gasteiger partial charge in [-0.05, 0) is 49.2 Å². The highest BCUT2D eigenvalue weighted by Crippen LogP contribution is 2.37. The van der Waals surface area contributed by atoms with Crippen LogP contribution in [-0.4, -0.2) is 38.3 Å². The first-order valence-electron chi connectivity index (χ1n) is 9.54. The smallest absolute Gasteiger partial charge is 0.277 e. The van der Waals surface area contributed by atoms with E-state index in [1.54, 1.807) is 23.5 Å². The van der Waals surface area contributed by atoms with Crippen molar-refractivity contribution in [3.8, 4) is 11.5 Å². The molecule has 3 heterocycles. The minimum atomic E-state index is 0.0443. The second-order valence-electron chi connectivity index (χ2n) is 6.93. The average Bonchev–Trinajstić information content (AvgIpc) is 3.51. The highest BCUT2D eigenvalue weighted by Gasteiger charge is 2.32. The van der Waals surface area contributed by atoms with Gasteiger partial charge < -0.3 is 9.32 Å². The number of benzene rings is 2. The summed E-state index contributed by atoms with van der Waals surface area (Å²) in [5, 5.41) is 10.1. The Morgan fingerprint density at radius 2 is 2.03 bits per heavy atom. The number of halogens is 1. The number of carbonyl (C=O) groups excluding carboxylic acids is 1. The Morgan fingerprint density at radius 1 is 1.20 bits per heavy atom. The zero-order valence-corrected chi connectivity index (χ0v) is 18.2. The van der Waals surface area contributed by atoms with Crippen molar-refractivity contribution in [2.75, 3.05) is 12.3 Å². The first-order chi connectivity index (χ1) is 14.7. The fourth-order valence-electron chi connectivity index (χ4n) is 3.54. The van der Waals surface area contributed by atoms with E-state index in [1.807, 2.05) is 35.2 Å². The lowest BCUT2D eigenvalue weighted by molar-refractivity contribution is -0.129. The number of thioether (sulfide) groups is 1. The largest absolute Gasteiger partial charge is 0.411 e. The number of fused-ring (bicyclic) bond motifs is 1. The second-order valence-corrected chi connectivity index (χ2v) is 9.36. The molecule has 30 heavy (non-hydrogen) atoms. The summed E-state index contributed by atoms with van der Waals surface area (Å²) in [6.45, 7) is 0.750. The van der Waals surface area contributed by atoms with Gasteiger partial charge in [0.05, 0.1) is 22.0 Å². The summed E-state index contributed by atoms with van der Waals surface area (Å²) in [5.74, 6) is 0.729. The molecule has 0 bridgehead atoms. The van der Waals surface area contributed by atoms with Gasteiger partial charge in [0.2, 0.25) is 11.8 Å². The van der Waals surface area contributed by atoms with Crippen LogP contribution >= 0.6 is 34.7 Å². The molecular weight excluding hydrogens is 440 g/mol. The van der Waals surface area contributed by atoms with Crippen LogP contribution in [-0.2, 0) is 4.79 Å². The van der Waals surface area contributed by atoms with Crippen LogP contribution in [0.1, 0.15) is 23.9 Å². The molecule has 1 atom stereocenters. The van der Waals surface area contributed by atoms with E-state index in [-0.39, 0.29) is 17.7 Å². The Kier molecular flexibility index (Phi) is 5.45. The molecule has 0 radical (unpaired) electrons. The fourth-order valence-corrected chi connectivity index (χ4v) is 5.43. The van der Waals surface area contributed by atoms with Crippen molar-refractivity contribution in [3.63, 3.8) is 0 Å². The van der Waals surface area contributed by atoms with E-state index in [0.717, 1.165) is 40.2 Å². The van der Waals surface area contributed by atoms with Crippen LogP contribution in [0, 0.1) is 0 Å². The molecule has 0 spiro atoms.